The number of halogens is 2. The number of nitrogens with zero attached hydrogens (tertiary/aromatic N) is 2. The highest BCUT2D eigenvalue weighted by Gasteiger charge is 2.10. The van der Waals surface area contributed by atoms with E-state index in [-0.39, 0.29) is 5.82 Å². The molecule has 0 N–H and O–H groups in total. The van der Waals surface area contributed by atoms with Gasteiger partial charge in [0.2, 0.25) is 5.89 Å². The summed E-state index contributed by atoms with van der Waals surface area (Å²) in [7, 11) is 0. The Bertz CT molecular complexity index is 757. The van der Waals surface area contributed by atoms with Crippen LogP contribution in [0.1, 0.15) is 22.8 Å². The topological polar surface area (TPSA) is 38.9 Å². The molecule has 1 heterocycles. The van der Waals surface area contributed by atoms with Gasteiger partial charge in [-0.3, -0.25) is 0 Å². The molecule has 0 atom stereocenters. The molecule has 0 spiro atoms. The summed E-state index contributed by atoms with van der Waals surface area (Å²) < 4.78 is 19.8. The van der Waals surface area contributed by atoms with Crippen LogP contribution in [0.5, 0.6) is 0 Å². The van der Waals surface area contributed by atoms with Gasteiger partial charge in [-0.15, -0.1) is 0 Å². The van der Waals surface area contributed by atoms with E-state index in [4.69, 9.17) is 4.52 Å². The molecule has 3 rings (SSSR count). The van der Waals surface area contributed by atoms with Crippen LogP contribution in [0.25, 0.3) is 0 Å². The summed E-state index contributed by atoms with van der Waals surface area (Å²) in [6.07, 6.45) is 0.887. The molecule has 3 nitrogen and oxygen atoms in total. The number of hydrogen-bond donors (Lipinski definition) is 0. The lowest BCUT2D eigenvalue weighted by Gasteiger charge is -1.98. The third kappa shape index (κ3) is 3.55. The molecule has 1 aromatic heterocycles. The van der Waals surface area contributed by atoms with E-state index < -0.39 is 0 Å². The molecule has 0 fully saturated rings. The predicted octanol–water partition coefficient (Wildman–Crippen LogP) is 4.15. The van der Waals surface area contributed by atoms with Gasteiger partial charge >= 0.3 is 0 Å². The summed E-state index contributed by atoms with van der Waals surface area (Å²) in [6.45, 7) is 0. The van der Waals surface area contributed by atoms with Crippen LogP contribution in [0.4, 0.5) is 4.39 Å². The number of hydrogen-bond acceptors (Lipinski definition) is 3. The number of benzene rings is 2. The van der Waals surface area contributed by atoms with Crippen molar-refractivity contribution in [2.45, 2.75) is 12.8 Å². The quantitative estimate of drug-likeness (QED) is 0.712. The van der Waals surface area contributed by atoms with E-state index in [1.165, 1.54) is 6.07 Å². The summed E-state index contributed by atoms with van der Waals surface area (Å²) in [6, 6.07) is 14.5. The molecule has 106 valence electrons. The fourth-order valence-corrected chi connectivity index (χ4v) is 2.51. The molecule has 0 bridgehead atoms. The molecule has 0 radical (unpaired) electrons. The van der Waals surface area contributed by atoms with Gasteiger partial charge in [-0.2, -0.15) is 4.98 Å². The normalized spacial score (nSPS) is 10.8. The Labute approximate surface area is 129 Å². The zero-order valence-electron chi connectivity index (χ0n) is 11.1. The maximum Gasteiger partial charge on any atom is 0.231 e. The monoisotopic (exact) mass is 346 g/mol. The van der Waals surface area contributed by atoms with Gasteiger partial charge < -0.3 is 4.52 Å². The van der Waals surface area contributed by atoms with E-state index in [1.54, 1.807) is 18.2 Å². The Morgan fingerprint density at radius 2 is 1.90 bits per heavy atom. The van der Waals surface area contributed by atoms with Crippen LogP contribution in [0, 0.1) is 5.82 Å². The standard InChI is InChI=1S/C16H12BrFN2O/c17-13-6-3-4-11(8-13)9-15-19-16(21-20-15)10-12-5-1-2-7-14(12)18/h1-8H,9-10H2. The molecule has 0 aliphatic carbocycles. The Morgan fingerprint density at radius 3 is 2.71 bits per heavy atom. The Kier molecular flexibility index (Phi) is 4.10. The van der Waals surface area contributed by atoms with Crippen molar-refractivity contribution in [2.24, 2.45) is 0 Å². The lowest BCUT2D eigenvalue weighted by molar-refractivity contribution is 0.379. The highest BCUT2D eigenvalue weighted by atomic mass is 79.9. The van der Waals surface area contributed by atoms with Crippen molar-refractivity contribution in [3.63, 3.8) is 0 Å². The number of rotatable bonds is 4. The zero-order chi connectivity index (χ0) is 14.7. The summed E-state index contributed by atoms with van der Waals surface area (Å²) in [5.41, 5.74) is 1.64. The molecule has 0 amide bonds. The largest absolute Gasteiger partial charge is 0.339 e. The highest BCUT2D eigenvalue weighted by molar-refractivity contribution is 9.10. The Hall–Kier alpha value is -2.01. The minimum absolute atomic E-state index is 0.260. The molecule has 0 saturated carbocycles. The lowest BCUT2D eigenvalue weighted by Crippen LogP contribution is -1.94. The van der Waals surface area contributed by atoms with E-state index >= 15 is 0 Å². The smallest absolute Gasteiger partial charge is 0.231 e. The maximum atomic E-state index is 13.6. The molecule has 0 unspecified atom stereocenters. The van der Waals surface area contributed by atoms with Crippen LogP contribution in [-0.2, 0) is 12.8 Å². The summed E-state index contributed by atoms with van der Waals surface area (Å²) in [5, 5.41) is 3.94. The molecule has 3 aromatic rings. The van der Waals surface area contributed by atoms with Gasteiger partial charge in [0, 0.05) is 10.9 Å². The summed E-state index contributed by atoms with van der Waals surface area (Å²) in [5.74, 6) is 0.758. The predicted molar refractivity (Wildman–Crippen MR) is 80.5 cm³/mol. The van der Waals surface area contributed by atoms with Crippen LogP contribution in [-0.4, -0.2) is 10.1 Å². The molecular weight excluding hydrogens is 335 g/mol. The molecule has 0 saturated heterocycles. The summed E-state index contributed by atoms with van der Waals surface area (Å²) in [4.78, 5) is 4.31. The first-order chi connectivity index (χ1) is 10.2. The van der Waals surface area contributed by atoms with Crippen molar-refractivity contribution in [1.29, 1.82) is 0 Å². The first-order valence-electron chi connectivity index (χ1n) is 6.50. The van der Waals surface area contributed by atoms with E-state index in [9.17, 15) is 4.39 Å². The second-order valence-corrected chi connectivity index (χ2v) is 5.59. The molecule has 21 heavy (non-hydrogen) atoms. The van der Waals surface area contributed by atoms with Crippen LogP contribution in [0.2, 0.25) is 0 Å². The average molecular weight is 347 g/mol. The fraction of sp³-hybridized carbons (Fsp3) is 0.125. The second kappa shape index (κ2) is 6.18. The summed E-state index contributed by atoms with van der Waals surface area (Å²) >= 11 is 3.43. The maximum absolute atomic E-state index is 13.6. The third-order valence-electron chi connectivity index (χ3n) is 3.06. The van der Waals surface area contributed by atoms with Gasteiger partial charge in [-0.05, 0) is 29.3 Å². The molecule has 0 aliphatic rings. The molecular formula is C16H12BrFN2O. The van der Waals surface area contributed by atoms with Gasteiger partial charge in [0.1, 0.15) is 5.82 Å². The second-order valence-electron chi connectivity index (χ2n) is 4.68. The Morgan fingerprint density at radius 1 is 1.05 bits per heavy atom. The van der Waals surface area contributed by atoms with Crippen LogP contribution < -0.4 is 0 Å². The third-order valence-corrected chi connectivity index (χ3v) is 3.55. The minimum Gasteiger partial charge on any atom is -0.339 e. The first-order valence-corrected chi connectivity index (χ1v) is 7.29. The fourth-order valence-electron chi connectivity index (χ4n) is 2.07. The van der Waals surface area contributed by atoms with Crippen molar-refractivity contribution >= 4 is 15.9 Å². The van der Waals surface area contributed by atoms with Gasteiger partial charge in [0.15, 0.2) is 5.82 Å². The van der Waals surface area contributed by atoms with Gasteiger partial charge in [0.25, 0.3) is 0 Å². The van der Waals surface area contributed by atoms with Crippen LogP contribution in [0.15, 0.2) is 57.5 Å². The van der Waals surface area contributed by atoms with Crippen molar-refractivity contribution < 1.29 is 8.91 Å². The van der Waals surface area contributed by atoms with E-state index in [0.29, 0.717) is 30.1 Å². The minimum atomic E-state index is -0.260. The molecule has 5 heteroatoms. The van der Waals surface area contributed by atoms with Crippen molar-refractivity contribution in [3.05, 3.63) is 81.7 Å². The zero-order valence-corrected chi connectivity index (χ0v) is 12.7. The SMILES string of the molecule is Fc1ccccc1Cc1nc(Cc2cccc(Br)c2)no1. The Balaban J connectivity index is 1.73. The van der Waals surface area contributed by atoms with Gasteiger partial charge in [-0.1, -0.05) is 51.4 Å². The lowest BCUT2D eigenvalue weighted by atomic mass is 10.1. The van der Waals surface area contributed by atoms with Crippen molar-refractivity contribution in [1.82, 2.24) is 10.1 Å². The average Bonchev–Trinajstić information content (AvgIpc) is 2.89. The van der Waals surface area contributed by atoms with E-state index in [2.05, 4.69) is 26.1 Å². The molecule has 2 aromatic carbocycles. The van der Waals surface area contributed by atoms with Crippen LogP contribution in [0.3, 0.4) is 0 Å². The highest BCUT2D eigenvalue weighted by Crippen LogP contribution is 2.15. The van der Waals surface area contributed by atoms with E-state index in [1.807, 2.05) is 24.3 Å². The van der Waals surface area contributed by atoms with E-state index in [0.717, 1.165) is 10.0 Å². The number of aromatic nitrogens is 2. The van der Waals surface area contributed by atoms with Gasteiger partial charge in [0.05, 0.1) is 6.42 Å². The van der Waals surface area contributed by atoms with Crippen LogP contribution >= 0.6 is 15.9 Å². The van der Waals surface area contributed by atoms with Crippen molar-refractivity contribution in [2.75, 3.05) is 0 Å². The van der Waals surface area contributed by atoms with Gasteiger partial charge in [-0.25, -0.2) is 4.39 Å². The first kappa shape index (κ1) is 13.9. The molecule has 0 aliphatic heterocycles. The van der Waals surface area contributed by atoms with Crippen molar-refractivity contribution in [3.8, 4) is 0 Å².